The first-order valence-corrected chi connectivity index (χ1v) is 16.5. The molecule has 0 N–H and O–H groups in total. The first-order chi connectivity index (χ1) is 23.3. The van der Waals surface area contributed by atoms with Crippen molar-refractivity contribution in [2.24, 2.45) is 0 Å². The van der Waals surface area contributed by atoms with Crippen molar-refractivity contribution in [2.75, 3.05) is 0 Å². The number of rotatable bonds is 1. The van der Waals surface area contributed by atoms with E-state index in [0.29, 0.717) is 0 Å². The minimum atomic E-state index is -0.407. The van der Waals surface area contributed by atoms with Gasteiger partial charge in [0.25, 0.3) is 0 Å². The van der Waals surface area contributed by atoms with Crippen molar-refractivity contribution in [2.45, 2.75) is 5.41 Å². The third kappa shape index (κ3) is 3.13. The molecule has 9 aromatic rings. The topological polar surface area (TPSA) is 0 Å². The van der Waals surface area contributed by atoms with Gasteiger partial charge < -0.3 is 0 Å². The van der Waals surface area contributed by atoms with Crippen molar-refractivity contribution in [3.05, 3.63) is 192 Å². The minimum absolute atomic E-state index is 0.407. The van der Waals surface area contributed by atoms with E-state index in [2.05, 4.69) is 170 Å². The first-order valence-electron chi connectivity index (χ1n) is 16.5. The van der Waals surface area contributed by atoms with E-state index in [9.17, 15) is 0 Å². The lowest BCUT2D eigenvalue weighted by atomic mass is 9.68. The second-order valence-corrected chi connectivity index (χ2v) is 13.2. The van der Waals surface area contributed by atoms with Gasteiger partial charge in [-0.2, -0.15) is 0 Å². The van der Waals surface area contributed by atoms with Crippen molar-refractivity contribution in [1.82, 2.24) is 0 Å². The van der Waals surface area contributed by atoms with E-state index in [-0.39, 0.29) is 0 Å². The van der Waals surface area contributed by atoms with Crippen LogP contribution in [0.5, 0.6) is 0 Å². The number of hydrogen-bond donors (Lipinski definition) is 0. The molecule has 0 heteroatoms. The maximum Gasteiger partial charge on any atom is 0.0737 e. The fourth-order valence-electron chi connectivity index (χ4n) is 9.22. The van der Waals surface area contributed by atoms with Crippen molar-refractivity contribution in [3.63, 3.8) is 0 Å². The van der Waals surface area contributed by atoms with Crippen molar-refractivity contribution in [1.29, 1.82) is 0 Å². The lowest BCUT2D eigenvalue weighted by molar-refractivity contribution is 0.809. The van der Waals surface area contributed by atoms with E-state index >= 15 is 0 Å². The molecule has 0 aromatic heterocycles. The van der Waals surface area contributed by atoms with Gasteiger partial charge in [0.15, 0.2) is 0 Å². The third-order valence-electron chi connectivity index (χ3n) is 11.0. The van der Waals surface area contributed by atoms with Crippen molar-refractivity contribution in [3.8, 4) is 33.4 Å². The average molecular weight is 593 g/mol. The highest BCUT2D eigenvalue weighted by Gasteiger charge is 2.53. The van der Waals surface area contributed by atoms with Gasteiger partial charge in [-0.1, -0.05) is 158 Å². The van der Waals surface area contributed by atoms with Crippen LogP contribution in [-0.4, -0.2) is 0 Å². The standard InChI is InChI=1S/C47H28/c1-4-14-34-29(11-1)21-25-40-41-26-23-31-27-32(42-28-30-12-2-3-13-33(30)36-15-5-6-16-37(36)42)22-24-35(31)46(41)47(45(34)40)43-19-9-7-17-38(43)39-18-8-10-20-44(39)47/h1-28H. The molecule has 0 nitrogen and oxygen atoms in total. The Labute approximate surface area is 273 Å². The Morgan fingerprint density at radius 2 is 0.787 bits per heavy atom. The summed E-state index contributed by atoms with van der Waals surface area (Å²) >= 11 is 0. The summed E-state index contributed by atoms with van der Waals surface area (Å²) in [7, 11) is 0. The second-order valence-electron chi connectivity index (χ2n) is 13.2. The molecular formula is C47H28. The van der Waals surface area contributed by atoms with Crippen LogP contribution < -0.4 is 0 Å². The van der Waals surface area contributed by atoms with Crippen LogP contribution in [0.2, 0.25) is 0 Å². The predicted octanol–water partition coefficient (Wildman–Crippen LogP) is 12.3. The van der Waals surface area contributed by atoms with Crippen LogP contribution in [0.1, 0.15) is 22.3 Å². The second kappa shape index (κ2) is 9.06. The Kier molecular flexibility index (Phi) is 4.86. The molecule has 0 saturated carbocycles. The number of fused-ring (bicyclic) bond motifs is 17. The van der Waals surface area contributed by atoms with Gasteiger partial charge in [-0.15, -0.1) is 0 Å². The fraction of sp³-hybridized carbons (Fsp3) is 0.0213. The SMILES string of the molecule is c1ccc2c(c1)-c1ccccc1C21c2c(ccc3ccccc23)-c2ccc3cc(-c4cc5ccccc5c5ccccc45)ccc3c21. The van der Waals surface area contributed by atoms with Crippen LogP contribution in [0.3, 0.4) is 0 Å². The molecule has 47 heavy (non-hydrogen) atoms. The van der Waals surface area contributed by atoms with E-state index in [1.165, 1.54) is 98.7 Å². The highest BCUT2D eigenvalue weighted by Crippen LogP contribution is 2.65. The summed E-state index contributed by atoms with van der Waals surface area (Å²) in [5, 5.41) is 10.4. The Hall–Kier alpha value is -5.98. The molecule has 2 aliphatic carbocycles. The van der Waals surface area contributed by atoms with Gasteiger partial charge >= 0.3 is 0 Å². The summed E-state index contributed by atoms with van der Waals surface area (Å²) in [6, 6.07) is 63.8. The summed E-state index contributed by atoms with van der Waals surface area (Å²) in [5.41, 5.74) is 13.1. The van der Waals surface area contributed by atoms with Crippen LogP contribution >= 0.6 is 0 Å². The molecule has 0 aliphatic heterocycles. The molecule has 0 bridgehead atoms. The molecule has 216 valence electrons. The van der Waals surface area contributed by atoms with Gasteiger partial charge in [-0.05, 0) is 111 Å². The van der Waals surface area contributed by atoms with Crippen LogP contribution in [0.25, 0.3) is 76.5 Å². The van der Waals surface area contributed by atoms with E-state index in [1.54, 1.807) is 0 Å². The van der Waals surface area contributed by atoms with Gasteiger partial charge in [-0.25, -0.2) is 0 Å². The molecule has 0 unspecified atom stereocenters. The first kappa shape index (κ1) is 25.2. The summed E-state index contributed by atoms with van der Waals surface area (Å²) in [6.45, 7) is 0. The molecule has 1 spiro atoms. The molecule has 0 fully saturated rings. The van der Waals surface area contributed by atoms with Gasteiger partial charge in [-0.3, -0.25) is 0 Å². The Morgan fingerprint density at radius 1 is 0.277 bits per heavy atom. The van der Waals surface area contributed by atoms with Crippen LogP contribution in [0.4, 0.5) is 0 Å². The van der Waals surface area contributed by atoms with Crippen molar-refractivity contribution < 1.29 is 0 Å². The molecule has 0 atom stereocenters. The molecule has 0 radical (unpaired) electrons. The lowest BCUT2D eigenvalue weighted by Gasteiger charge is -2.32. The van der Waals surface area contributed by atoms with E-state index in [0.717, 1.165) is 0 Å². The summed E-state index contributed by atoms with van der Waals surface area (Å²) in [5.74, 6) is 0. The van der Waals surface area contributed by atoms with Gasteiger partial charge in [0.05, 0.1) is 5.41 Å². The highest BCUT2D eigenvalue weighted by molar-refractivity contribution is 6.15. The van der Waals surface area contributed by atoms with E-state index in [4.69, 9.17) is 0 Å². The molecule has 11 rings (SSSR count). The van der Waals surface area contributed by atoms with Gasteiger partial charge in [0, 0.05) is 0 Å². The van der Waals surface area contributed by atoms with Crippen molar-refractivity contribution >= 4 is 43.1 Å². The third-order valence-corrected chi connectivity index (χ3v) is 11.0. The lowest BCUT2D eigenvalue weighted by Crippen LogP contribution is -2.26. The molecule has 0 saturated heterocycles. The average Bonchev–Trinajstić information content (AvgIpc) is 3.62. The largest absolute Gasteiger partial charge is 0.0737 e. The quantitative estimate of drug-likeness (QED) is 0.166. The zero-order valence-electron chi connectivity index (χ0n) is 25.7. The van der Waals surface area contributed by atoms with Crippen LogP contribution in [-0.2, 0) is 5.41 Å². The number of benzene rings is 9. The minimum Gasteiger partial charge on any atom is -0.0619 e. The molecule has 2 aliphatic rings. The molecule has 0 heterocycles. The Balaban J connectivity index is 1.26. The fourth-order valence-corrected chi connectivity index (χ4v) is 9.22. The highest BCUT2D eigenvalue weighted by atomic mass is 14.5. The molecular weight excluding hydrogens is 565 g/mol. The number of hydrogen-bond acceptors (Lipinski definition) is 0. The maximum absolute atomic E-state index is 2.42. The zero-order valence-corrected chi connectivity index (χ0v) is 25.7. The summed E-state index contributed by atoms with van der Waals surface area (Å²) in [4.78, 5) is 0. The predicted molar refractivity (Wildman–Crippen MR) is 198 cm³/mol. The van der Waals surface area contributed by atoms with E-state index < -0.39 is 5.41 Å². The monoisotopic (exact) mass is 592 g/mol. The maximum atomic E-state index is 2.42. The zero-order chi connectivity index (χ0) is 30.7. The van der Waals surface area contributed by atoms with Gasteiger partial charge in [0.2, 0.25) is 0 Å². The van der Waals surface area contributed by atoms with Gasteiger partial charge in [0.1, 0.15) is 0 Å². The Morgan fingerprint density at radius 3 is 1.51 bits per heavy atom. The Bertz CT molecular complexity index is 2750. The molecule has 9 aromatic carbocycles. The molecule has 0 amide bonds. The smallest absolute Gasteiger partial charge is 0.0619 e. The normalized spacial score (nSPS) is 13.7. The summed E-state index contributed by atoms with van der Waals surface area (Å²) < 4.78 is 0. The van der Waals surface area contributed by atoms with E-state index in [1.807, 2.05) is 0 Å². The van der Waals surface area contributed by atoms with Crippen LogP contribution in [0, 0.1) is 0 Å². The van der Waals surface area contributed by atoms with Crippen LogP contribution in [0.15, 0.2) is 170 Å². The summed E-state index contributed by atoms with van der Waals surface area (Å²) in [6.07, 6.45) is 0.